The van der Waals surface area contributed by atoms with Crippen molar-refractivity contribution >= 4 is 5.91 Å². The number of piperidine rings is 1. The van der Waals surface area contributed by atoms with Crippen molar-refractivity contribution in [2.75, 3.05) is 39.8 Å². The van der Waals surface area contributed by atoms with Crippen molar-refractivity contribution in [2.45, 2.75) is 38.0 Å². The highest BCUT2D eigenvalue weighted by molar-refractivity contribution is 5.94. The maximum atomic E-state index is 12.5. The molecule has 1 aromatic carbocycles. The number of aliphatic hydroxyl groups is 1. The number of nitrogens with one attached hydrogen (secondary N) is 1. The molecular weight excluding hydrogens is 394 g/mol. The van der Waals surface area contributed by atoms with E-state index in [0.29, 0.717) is 18.0 Å². The predicted octanol–water partition coefficient (Wildman–Crippen LogP) is 1.10. The van der Waals surface area contributed by atoms with Crippen molar-refractivity contribution in [1.29, 1.82) is 0 Å². The van der Waals surface area contributed by atoms with E-state index < -0.39 is 6.10 Å². The van der Waals surface area contributed by atoms with Crippen molar-refractivity contribution < 1.29 is 14.6 Å². The normalized spacial score (nSPS) is 18.9. The molecule has 0 saturated carbocycles. The minimum atomic E-state index is -0.640. The first kappa shape index (κ1) is 21.7. The molecule has 0 bridgehead atoms. The fraction of sp³-hybridized carbons (Fsp3) is 0.522. The smallest absolute Gasteiger partial charge is 0.253 e. The molecule has 8 heteroatoms. The third kappa shape index (κ3) is 6.00. The van der Waals surface area contributed by atoms with E-state index in [2.05, 4.69) is 50.6 Å². The van der Waals surface area contributed by atoms with Gasteiger partial charge in [0.25, 0.3) is 5.91 Å². The molecule has 1 fully saturated rings. The molecule has 4 rings (SSSR count). The lowest BCUT2D eigenvalue weighted by atomic mass is 10.00. The Hall–Kier alpha value is -2.55. The molecule has 2 aliphatic heterocycles. The largest absolute Gasteiger partial charge is 0.473 e. The van der Waals surface area contributed by atoms with Gasteiger partial charge in [0.15, 0.2) is 0 Å². The van der Waals surface area contributed by atoms with E-state index in [-0.39, 0.29) is 18.6 Å². The molecule has 8 nitrogen and oxygen atoms in total. The maximum Gasteiger partial charge on any atom is 0.253 e. The van der Waals surface area contributed by atoms with Gasteiger partial charge in [-0.1, -0.05) is 24.3 Å². The van der Waals surface area contributed by atoms with Crippen molar-refractivity contribution in [3.63, 3.8) is 0 Å². The average molecular weight is 426 g/mol. The zero-order valence-electron chi connectivity index (χ0n) is 18.0. The summed E-state index contributed by atoms with van der Waals surface area (Å²) in [6.07, 6.45) is 3.73. The summed E-state index contributed by atoms with van der Waals surface area (Å²) < 4.78 is 5.91. The number of amides is 1. The number of carbonyl (C=O) groups excluding carboxylic acids is 1. The molecule has 0 unspecified atom stereocenters. The van der Waals surface area contributed by atoms with Gasteiger partial charge >= 0.3 is 0 Å². The van der Waals surface area contributed by atoms with Crippen LogP contribution >= 0.6 is 0 Å². The van der Waals surface area contributed by atoms with Crippen LogP contribution in [0.15, 0.2) is 36.5 Å². The molecule has 0 radical (unpaired) electrons. The number of benzene rings is 1. The number of aromatic nitrogens is 2. The molecule has 2 N–H and O–H groups in total. The van der Waals surface area contributed by atoms with Gasteiger partial charge in [-0.3, -0.25) is 9.69 Å². The Kier molecular flexibility index (Phi) is 7.11. The number of hydrogen-bond acceptors (Lipinski definition) is 7. The Morgan fingerprint density at radius 1 is 1.26 bits per heavy atom. The number of rotatable bonds is 7. The standard InChI is InChI=1S/C23H31N5O3/c1-27-9-7-21(8-10-27)31-22-12-19(13-25-26-22)23(30)24-14-20(29)16-28-11-6-17-4-2-3-5-18(17)15-28/h2-5,12-13,20-21,29H,6-11,14-16H2,1H3,(H,24,30)/t20-/m0/s1. The van der Waals surface area contributed by atoms with Crippen molar-refractivity contribution in [3.05, 3.63) is 53.2 Å². The van der Waals surface area contributed by atoms with Crippen LogP contribution in [0, 0.1) is 0 Å². The molecule has 0 aliphatic carbocycles. The number of β-amino-alcohol motifs (C(OH)–C–C–N with tert-alkyl or cyclic N) is 1. The first-order valence-corrected chi connectivity index (χ1v) is 11.0. The second kappa shape index (κ2) is 10.2. The van der Waals surface area contributed by atoms with Crippen LogP contribution in [0.25, 0.3) is 0 Å². The van der Waals surface area contributed by atoms with Crippen LogP contribution in [0.4, 0.5) is 0 Å². The molecule has 2 aromatic rings. The van der Waals surface area contributed by atoms with Crippen LogP contribution in [0.2, 0.25) is 0 Å². The summed E-state index contributed by atoms with van der Waals surface area (Å²) in [5.74, 6) is 0.0842. The number of likely N-dealkylation sites (tertiary alicyclic amines) is 1. The van der Waals surface area contributed by atoms with Gasteiger partial charge in [-0.25, -0.2) is 0 Å². The molecule has 31 heavy (non-hydrogen) atoms. The van der Waals surface area contributed by atoms with Crippen molar-refractivity contribution in [3.8, 4) is 5.88 Å². The van der Waals surface area contributed by atoms with Crippen LogP contribution in [-0.4, -0.2) is 83.0 Å². The number of fused-ring (bicyclic) bond motifs is 1. The molecule has 1 amide bonds. The molecule has 0 spiro atoms. The fourth-order valence-electron chi connectivity index (χ4n) is 4.19. The summed E-state index contributed by atoms with van der Waals surface area (Å²) in [6.45, 7) is 4.41. The summed E-state index contributed by atoms with van der Waals surface area (Å²) in [4.78, 5) is 17.0. The topological polar surface area (TPSA) is 90.8 Å². The Bertz CT molecular complexity index is 885. The van der Waals surface area contributed by atoms with Gasteiger partial charge in [-0.05, 0) is 37.4 Å². The van der Waals surface area contributed by atoms with E-state index in [1.165, 1.54) is 17.3 Å². The van der Waals surface area contributed by atoms with E-state index in [9.17, 15) is 9.90 Å². The summed E-state index contributed by atoms with van der Waals surface area (Å²) in [5, 5.41) is 21.1. The first-order valence-electron chi connectivity index (χ1n) is 11.0. The minimum absolute atomic E-state index is 0.0975. The summed E-state index contributed by atoms with van der Waals surface area (Å²) in [5.41, 5.74) is 3.08. The quantitative estimate of drug-likeness (QED) is 0.686. The minimum Gasteiger partial charge on any atom is -0.473 e. The number of nitrogens with zero attached hydrogens (tertiary/aromatic N) is 4. The number of aliphatic hydroxyl groups excluding tert-OH is 1. The van der Waals surface area contributed by atoms with Crippen LogP contribution in [-0.2, 0) is 13.0 Å². The number of hydrogen-bond donors (Lipinski definition) is 2. The molecule has 2 aliphatic rings. The maximum absolute atomic E-state index is 12.5. The monoisotopic (exact) mass is 425 g/mol. The lowest BCUT2D eigenvalue weighted by molar-refractivity contribution is 0.0839. The van der Waals surface area contributed by atoms with Gasteiger partial charge in [0.05, 0.1) is 17.9 Å². The highest BCUT2D eigenvalue weighted by atomic mass is 16.5. The first-order chi connectivity index (χ1) is 15.1. The van der Waals surface area contributed by atoms with E-state index in [4.69, 9.17) is 4.74 Å². The van der Waals surface area contributed by atoms with Crippen LogP contribution in [0.3, 0.4) is 0 Å². The van der Waals surface area contributed by atoms with Crippen LogP contribution < -0.4 is 10.1 Å². The van der Waals surface area contributed by atoms with Crippen molar-refractivity contribution in [1.82, 2.24) is 25.3 Å². The molecule has 1 atom stereocenters. The lowest BCUT2D eigenvalue weighted by Crippen LogP contribution is -2.42. The van der Waals surface area contributed by atoms with E-state index in [0.717, 1.165) is 45.4 Å². The summed E-state index contributed by atoms with van der Waals surface area (Å²) in [6, 6.07) is 10.0. The van der Waals surface area contributed by atoms with Crippen LogP contribution in [0.1, 0.15) is 34.3 Å². The van der Waals surface area contributed by atoms with Gasteiger partial charge in [-0.15, -0.1) is 5.10 Å². The molecule has 3 heterocycles. The molecule has 1 saturated heterocycles. The Labute approximate surface area is 183 Å². The number of ether oxygens (including phenoxy) is 1. The van der Waals surface area contributed by atoms with Gasteiger partial charge < -0.3 is 20.1 Å². The van der Waals surface area contributed by atoms with Gasteiger partial charge in [0.2, 0.25) is 5.88 Å². The predicted molar refractivity (Wildman–Crippen MR) is 117 cm³/mol. The average Bonchev–Trinajstić information content (AvgIpc) is 2.79. The zero-order valence-corrected chi connectivity index (χ0v) is 18.0. The number of carbonyl (C=O) groups is 1. The fourth-order valence-corrected chi connectivity index (χ4v) is 4.19. The molecule has 166 valence electrons. The summed E-state index contributed by atoms with van der Waals surface area (Å²) in [7, 11) is 2.10. The summed E-state index contributed by atoms with van der Waals surface area (Å²) >= 11 is 0. The van der Waals surface area contributed by atoms with Gasteiger partial charge in [-0.2, -0.15) is 5.10 Å². The second-order valence-electron chi connectivity index (χ2n) is 8.52. The van der Waals surface area contributed by atoms with Crippen molar-refractivity contribution in [2.24, 2.45) is 0 Å². The molecular formula is C23H31N5O3. The second-order valence-corrected chi connectivity index (χ2v) is 8.52. The Balaban J connectivity index is 1.24. The zero-order chi connectivity index (χ0) is 21.6. The third-order valence-electron chi connectivity index (χ3n) is 6.02. The SMILES string of the molecule is CN1CCC(Oc2cc(C(=O)NC[C@H](O)CN3CCc4ccccc4C3)cnn2)CC1. The van der Waals surface area contributed by atoms with E-state index in [1.54, 1.807) is 6.07 Å². The molecule has 1 aromatic heterocycles. The Morgan fingerprint density at radius 3 is 2.84 bits per heavy atom. The van der Waals surface area contributed by atoms with Gasteiger partial charge in [0, 0.05) is 45.3 Å². The Morgan fingerprint density at radius 2 is 2.03 bits per heavy atom. The van der Waals surface area contributed by atoms with E-state index in [1.807, 2.05) is 6.07 Å². The van der Waals surface area contributed by atoms with Gasteiger partial charge in [0.1, 0.15) is 6.10 Å². The van der Waals surface area contributed by atoms with E-state index >= 15 is 0 Å². The highest BCUT2D eigenvalue weighted by Gasteiger charge is 2.21. The lowest BCUT2D eigenvalue weighted by Gasteiger charge is -2.30. The third-order valence-corrected chi connectivity index (χ3v) is 6.02. The highest BCUT2D eigenvalue weighted by Crippen LogP contribution is 2.19. The van der Waals surface area contributed by atoms with Crippen LogP contribution in [0.5, 0.6) is 5.88 Å².